The SMILES string of the molecule is CC1CCC(=C2c3ccccc3-c3ccc(-c4ccc(Nc5ccc(COc6ccc(C(C)(c7ccc(OCc8ccc(Nc9ccc(-c%10ccc%11c(c%10)C(=C%10CCC(C)CC%10)c%10ccccc%10-%11)cc9)cc8)cc7)c7ccc(OCc8ccc(Nc9ccc(-c%10ccc%11c(c%10)C(=C%10CCC(C)CC%10)c%10ccccc%10-%11)cc9)cc8)cc7)cc6)cc5)cc4)cc32)CC1. The zero-order chi connectivity index (χ0) is 83.9. The predicted molar refractivity (Wildman–Crippen MR) is 520 cm³/mol. The molecular formula is C119H105N3O3. The van der Waals surface area contributed by atoms with Crippen LogP contribution >= 0.6 is 0 Å². The normalized spacial score (nSPS) is 16.6. The average molecular weight is 1630 g/mol. The molecule has 15 aromatic carbocycles. The molecule has 15 aromatic rings. The fourth-order valence-electron chi connectivity index (χ4n) is 20.4. The molecule has 0 aromatic heterocycles. The van der Waals surface area contributed by atoms with Gasteiger partial charge in [-0.15, -0.1) is 0 Å². The lowest BCUT2D eigenvalue weighted by Crippen LogP contribution is -2.25. The average Bonchev–Trinajstić information content (AvgIpc) is 1.70. The van der Waals surface area contributed by atoms with Gasteiger partial charge in [0.1, 0.15) is 37.1 Å². The maximum Gasteiger partial charge on any atom is 0.119 e. The molecule has 0 bridgehead atoms. The van der Waals surface area contributed by atoms with Crippen molar-refractivity contribution in [3.05, 3.63) is 429 Å². The van der Waals surface area contributed by atoms with E-state index in [0.717, 1.165) is 103 Å². The molecule has 6 aliphatic rings. The molecule has 0 heterocycles. The van der Waals surface area contributed by atoms with Gasteiger partial charge in [-0.05, 0) is 379 Å². The molecule has 6 heteroatoms. The molecule has 0 spiro atoms. The minimum Gasteiger partial charge on any atom is -0.489 e. The van der Waals surface area contributed by atoms with Gasteiger partial charge in [-0.25, -0.2) is 0 Å². The summed E-state index contributed by atoms with van der Waals surface area (Å²) in [4.78, 5) is 0. The molecule has 614 valence electrons. The minimum absolute atomic E-state index is 0.433. The quantitative estimate of drug-likeness (QED) is 0.0623. The maximum atomic E-state index is 6.54. The lowest BCUT2D eigenvalue weighted by Gasteiger charge is -2.32. The van der Waals surface area contributed by atoms with Crippen molar-refractivity contribution >= 4 is 50.8 Å². The molecule has 3 saturated carbocycles. The Balaban J connectivity index is 0.471. The zero-order valence-corrected chi connectivity index (χ0v) is 72.0. The Labute approximate surface area is 737 Å². The topological polar surface area (TPSA) is 63.8 Å². The number of hydrogen-bond acceptors (Lipinski definition) is 6. The van der Waals surface area contributed by atoms with Crippen molar-refractivity contribution in [2.75, 3.05) is 16.0 Å². The maximum absolute atomic E-state index is 6.54. The highest BCUT2D eigenvalue weighted by atomic mass is 16.5. The van der Waals surface area contributed by atoms with Crippen LogP contribution in [0, 0.1) is 17.8 Å². The van der Waals surface area contributed by atoms with Gasteiger partial charge >= 0.3 is 0 Å². The Morgan fingerprint density at radius 3 is 0.696 bits per heavy atom. The third kappa shape index (κ3) is 16.1. The van der Waals surface area contributed by atoms with Gasteiger partial charge in [0, 0.05) is 39.5 Å². The van der Waals surface area contributed by atoms with Crippen LogP contribution < -0.4 is 30.2 Å². The van der Waals surface area contributed by atoms with E-state index in [0.29, 0.717) is 19.8 Å². The number of fused-ring (bicyclic) bond motifs is 9. The predicted octanol–water partition coefficient (Wildman–Crippen LogP) is 32.0. The van der Waals surface area contributed by atoms with Gasteiger partial charge in [-0.2, -0.15) is 0 Å². The Morgan fingerprint density at radius 2 is 0.448 bits per heavy atom. The summed E-state index contributed by atoms with van der Waals surface area (Å²) < 4.78 is 19.6. The van der Waals surface area contributed by atoms with E-state index in [4.69, 9.17) is 14.2 Å². The molecule has 3 fully saturated rings. The van der Waals surface area contributed by atoms with Crippen molar-refractivity contribution in [2.24, 2.45) is 17.8 Å². The lowest BCUT2D eigenvalue weighted by molar-refractivity contribution is 0.306. The van der Waals surface area contributed by atoms with Crippen LogP contribution in [0.2, 0.25) is 0 Å². The van der Waals surface area contributed by atoms with Crippen LogP contribution in [-0.4, -0.2) is 0 Å². The van der Waals surface area contributed by atoms with E-state index < -0.39 is 5.41 Å². The summed E-state index contributed by atoms with van der Waals surface area (Å²) in [6.07, 6.45) is 14.8. The van der Waals surface area contributed by atoms with E-state index in [-0.39, 0.29) is 0 Å². The lowest BCUT2D eigenvalue weighted by atomic mass is 9.71. The summed E-state index contributed by atoms with van der Waals surface area (Å²) >= 11 is 0. The van der Waals surface area contributed by atoms with Gasteiger partial charge in [0.25, 0.3) is 0 Å². The second-order valence-electron chi connectivity index (χ2n) is 36.2. The molecule has 0 aliphatic heterocycles. The Bertz CT molecular complexity index is 5940. The highest BCUT2D eigenvalue weighted by Crippen LogP contribution is 2.54. The molecule has 0 atom stereocenters. The van der Waals surface area contributed by atoms with E-state index in [9.17, 15) is 0 Å². The van der Waals surface area contributed by atoms with Crippen molar-refractivity contribution in [1.29, 1.82) is 0 Å². The highest BCUT2D eigenvalue weighted by Gasteiger charge is 2.35. The number of allylic oxidation sites excluding steroid dienone is 3. The number of rotatable bonds is 21. The van der Waals surface area contributed by atoms with Crippen molar-refractivity contribution < 1.29 is 14.2 Å². The Hall–Kier alpha value is -13.7. The van der Waals surface area contributed by atoms with Crippen LogP contribution in [0.5, 0.6) is 17.2 Å². The molecule has 3 N–H and O–H groups in total. The summed E-state index contributed by atoms with van der Waals surface area (Å²) in [5.74, 6) is 4.79. The summed E-state index contributed by atoms with van der Waals surface area (Å²) in [5, 5.41) is 10.9. The smallest absolute Gasteiger partial charge is 0.119 e. The first-order valence-electron chi connectivity index (χ1n) is 45.4. The summed E-state index contributed by atoms with van der Waals surface area (Å²) in [6, 6.07) is 126. The molecule has 6 aliphatic carbocycles. The van der Waals surface area contributed by atoms with Gasteiger partial charge < -0.3 is 30.2 Å². The number of hydrogen-bond donors (Lipinski definition) is 3. The van der Waals surface area contributed by atoms with Gasteiger partial charge in [0.2, 0.25) is 0 Å². The monoisotopic (exact) mass is 1620 g/mol. The largest absolute Gasteiger partial charge is 0.489 e. The first kappa shape index (κ1) is 78.6. The third-order valence-corrected chi connectivity index (χ3v) is 27.9. The van der Waals surface area contributed by atoms with E-state index in [1.807, 2.05) is 0 Å². The Morgan fingerprint density at radius 1 is 0.232 bits per heavy atom. The molecule has 0 radical (unpaired) electrons. The van der Waals surface area contributed by atoms with E-state index >= 15 is 0 Å². The zero-order valence-electron chi connectivity index (χ0n) is 72.0. The molecule has 0 amide bonds. The van der Waals surface area contributed by atoms with Gasteiger partial charge in [0.05, 0.1) is 0 Å². The second-order valence-corrected chi connectivity index (χ2v) is 36.2. The van der Waals surface area contributed by atoms with E-state index in [1.54, 1.807) is 16.7 Å². The fraction of sp³-hybridized carbons (Fsp3) is 0.193. The molecule has 6 nitrogen and oxygen atoms in total. The summed E-state index contributed by atoms with van der Waals surface area (Å²) in [5.41, 5.74) is 45.5. The first-order chi connectivity index (χ1) is 61.4. The van der Waals surface area contributed by atoms with E-state index in [2.05, 4.69) is 389 Å². The molecule has 0 unspecified atom stereocenters. The molecular weight excluding hydrogens is 1520 g/mol. The van der Waals surface area contributed by atoms with Crippen LogP contribution in [0.25, 0.3) is 83.5 Å². The Kier molecular flexibility index (Phi) is 21.5. The molecule has 0 saturated heterocycles. The standard InChI is InChI=1S/C119H105N3O3/c1-77-17-29-86(30-18-77)116-110-14-8-5-11-104(110)107-68-41-89(71-113(107)116)83-35-56-98(57-36-83)120-95-50-23-80(24-51-95)74-123-101-62-44-92(45-63-101)119(4,93-46-64-102(65-47-93)124-75-81-25-52-96(53-26-81)121-99-58-37-84(38-59-99)90-42-69-108-105-12-6-9-15-111(105)117(114(108)72-90)87-31-19-78(2)20-32-87)94-48-66-103(67-49-94)125-76-82-27-54-97(55-28-82)122-100-60-39-85(40-61-100)91-43-70-109-106-13-7-10-16-112(106)118(115(109)73-91)88-33-21-79(3)22-34-88/h5-16,23-28,35-73,77-79,120-122H,17-22,29-34,74-76H2,1-4H3. The first-order valence-corrected chi connectivity index (χ1v) is 45.4. The van der Waals surface area contributed by atoms with Crippen molar-refractivity contribution in [2.45, 2.75) is 130 Å². The number of benzene rings is 15. The number of ether oxygens (including phenoxy) is 3. The van der Waals surface area contributed by atoms with Crippen LogP contribution in [0.3, 0.4) is 0 Å². The fourth-order valence-corrected chi connectivity index (χ4v) is 20.4. The van der Waals surface area contributed by atoms with Gasteiger partial charge in [-0.3, -0.25) is 0 Å². The third-order valence-electron chi connectivity index (χ3n) is 27.9. The highest BCUT2D eigenvalue weighted by molar-refractivity contribution is 6.06. The van der Waals surface area contributed by atoms with Crippen LogP contribution in [0.1, 0.15) is 172 Å². The van der Waals surface area contributed by atoms with Gasteiger partial charge in [0.15, 0.2) is 0 Å². The minimum atomic E-state index is -0.566. The number of nitrogens with one attached hydrogen (secondary N) is 3. The van der Waals surface area contributed by atoms with Crippen LogP contribution in [0.4, 0.5) is 34.1 Å². The second kappa shape index (κ2) is 34.2. The van der Waals surface area contributed by atoms with Crippen molar-refractivity contribution in [3.8, 4) is 84.0 Å². The molecule has 125 heavy (non-hydrogen) atoms. The summed E-state index contributed by atoms with van der Waals surface area (Å²) in [6.45, 7) is 10.8. The van der Waals surface area contributed by atoms with Crippen molar-refractivity contribution in [1.82, 2.24) is 0 Å². The van der Waals surface area contributed by atoms with Crippen LogP contribution in [0.15, 0.2) is 363 Å². The summed E-state index contributed by atoms with van der Waals surface area (Å²) in [7, 11) is 0. The van der Waals surface area contributed by atoms with Crippen molar-refractivity contribution in [3.63, 3.8) is 0 Å². The van der Waals surface area contributed by atoms with Gasteiger partial charge in [-0.1, -0.05) is 256 Å². The van der Waals surface area contributed by atoms with Crippen LogP contribution in [-0.2, 0) is 25.2 Å². The molecule has 21 rings (SSSR count). The number of anilines is 6. The van der Waals surface area contributed by atoms with E-state index in [1.165, 1.54) is 194 Å².